The molecule has 4 aromatic rings. The number of pyridine rings is 2. The first-order valence-corrected chi connectivity index (χ1v) is 19.6. The van der Waals surface area contributed by atoms with Crippen LogP contribution in [0.3, 0.4) is 0 Å². The second-order valence-electron chi connectivity index (χ2n) is 15.4. The Hall–Kier alpha value is -6.53. The van der Waals surface area contributed by atoms with Gasteiger partial charge in [-0.2, -0.15) is 0 Å². The highest BCUT2D eigenvalue weighted by Gasteiger charge is 2.46. The van der Waals surface area contributed by atoms with E-state index in [2.05, 4.69) is 21.3 Å². The molecule has 7 rings (SSSR count). The van der Waals surface area contributed by atoms with E-state index in [4.69, 9.17) is 21.2 Å². The van der Waals surface area contributed by atoms with E-state index in [9.17, 15) is 38.7 Å². The van der Waals surface area contributed by atoms with Gasteiger partial charge in [0.2, 0.25) is 29.5 Å². The summed E-state index contributed by atoms with van der Waals surface area (Å²) in [5.41, 5.74) is 12.9. The van der Waals surface area contributed by atoms with Crippen LogP contribution in [-0.4, -0.2) is 81.9 Å². The van der Waals surface area contributed by atoms with Gasteiger partial charge in [-0.3, -0.25) is 28.8 Å². The Labute approximate surface area is 342 Å². The van der Waals surface area contributed by atoms with Crippen molar-refractivity contribution in [1.29, 1.82) is 0 Å². The molecule has 17 nitrogen and oxygen atoms in total. The zero-order valence-electron chi connectivity index (χ0n) is 33.0. The molecule has 2 aromatic heterocycles. The number of aliphatic hydroxyl groups is 1. The van der Waals surface area contributed by atoms with Crippen molar-refractivity contribution in [3.05, 3.63) is 97.6 Å². The van der Waals surface area contributed by atoms with Gasteiger partial charge in [-0.15, -0.1) is 0 Å². The molecule has 0 saturated carbocycles. The number of amides is 5. The number of nitrogens with two attached hydrogens (primary N) is 2. The minimum atomic E-state index is -2.04. The Kier molecular flexibility index (Phi) is 11.5. The zero-order chi connectivity index (χ0) is 43.0. The van der Waals surface area contributed by atoms with Gasteiger partial charge in [0.15, 0.2) is 5.60 Å². The quantitative estimate of drug-likeness (QED) is 0.0704. The number of hydrogen-bond acceptors (Lipinski definition) is 11. The van der Waals surface area contributed by atoms with E-state index >= 15 is 4.39 Å². The molecule has 0 spiro atoms. The largest absolute Gasteiger partial charge is 0.458 e. The van der Waals surface area contributed by atoms with E-state index in [1.54, 1.807) is 50.2 Å². The van der Waals surface area contributed by atoms with Crippen molar-refractivity contribution < 1.29 is 43.0 Å². The summed E-state index contributed by atoms with van der Waals surface area (Å²) in [4.78, 5) is 95.3. The molecule has 0 bridgehead atoms. The standard InChI is InChI=1S/C42H45FN8O9/c1-3-42(59)27-12-32-38-25(18-51(32)40(57)26(27)19-60-41(42)58)24-11-22(10-23-20(2)28(43)13-30(50-38)37(23)24)29(14-33(45)52)48-36(55)17-47-39(56)31(9-21-7-5-4-6-8-21)49-35(54)16-46-34(53)15-44/h4-8,12-13,22,29,31,59H,3,9-11,14-19,44H2,1-2H3,(H2,45,52)(H,46,53)(H,47,56)(H,48,55)(H,49,54)/t22?,29?,31-,42-/m0/s1. The highest BCUT2D eigenvalue weighted by atomic mass is 19.1. The van der Waals surface area contributed by atoms with Crippen LogP contribution in [-0.2, 0) is 71.5 Å². The van der Waals surface area contributed by atoms with Crippen LogP contribution in [0.5, 0.6) is 0 Å². The molecule has 1 aliphatic carbocycles. The molecule has 18 heteroatoms. The number of cyclic esters (lactones) is 1. The molecule has 2 unspecified atom stereocenters. The van der Waals surface area contributed by atoms with Crippen LogP contribution >= 0.6 is 0 Å². The molecule has 0 saturated heterocycles. The summed E-state index contributed by atoms with van der Waals surface area (Å²) < 4.78 is 22.4. The Balaban J connectivity index is 1.15. The molecule has 9 N–H and O–H groups in total. The van der Waals surface area contributed by atoms with Crippen molar-refractivity contribution >= 4 is 46.4 Å². The van der Waals surface area contributed by atoms with Gasteiger partial charge < -0.3 is 47.1 Å². The highest BCUT2D eigenvalue weighted by Crippen LogP contribution is 2.44. The van der Waals surface area contributed by atoms with Crippen molar-refractivity contribution in [2.24, 2.45) is 17.4 Å². The van der Waals surface area contributed by atoms with Crippen molar-refractivity contribution in [3.8, 4) is 11.4 Å². The smallest absolute Gasteiger partial charge is 0.343 e. The van der Waals surface area contributed by atoms with Crippen LogP contribution in [0.25, 0.3) is 22.3 Å². The number of benzene rings is 2. The number of carbonyl (C=O) groups excluding carboxylic acids is 6. The predicted molar refractivity (Wildman–Crippen MR) is 213 cm³/mol. The Morgan fingerprint density at radius 3 is 2.38 bits per heavy atom. The summed E-state index contributed by atoms with van der Waals surface area (Å²) in [5, 5.41) is 22.4. The fraction of sp³-hybridized carbons (Fsp3) is 0.381. The number of esters is 1. The highest BCUT2D eigenvalue weighted by molar-refractivity contribution is 5.94. The van der Waals surface area contributed by atoms with E-state index in [1.165, 1.54) is 10.6 Å². The zero-order valence-corrected chi connectivity index (χ0v) is 33.0. The average Bonchev–Trinajstić information content (AvgIpc) is 3.61. The van der Waals surface area contributed by atoms with Crippen LogP contribution in [0.1, 0.15) is 58.7 Å². The molecule has 314 valence electrons. The summed E-state index contributed by atoms with van der Waals surface area (Å²) in [7, 11) is 0. The maximum atomic E-state index is 15.7. The van der Waals surface area contributed by atoms with Gasteiger partial charge in [0, 0.05) is 41.5 Å². The molecule has 4 atom stereocenters. The first-order valence-electron chi connectivity index (χ1n) is 19.6. The normalized spacial score (nSPS) is 18.3. The van der Waals surface area contributed by atoms with Gasteiger partial charge >= 0.3 is 5.97 Å². The first-order chi connectivity index (χ1) is 28.6. The maximum absolute atomic E-state index is 15.7. The van der Waals surface area contributed by atoms with Crippen molar-refractivity contribution in [1.82, 2.24) is 30.8 Å². The van der Waals surface area contributed by atoms with E-state index in [1.807, 2.05) is 0 Å². The summed E-state index contributed by atoms with van der Waals surface area (Å²) >= 11 is 0. The Bertz CT molecular complexity index is 2530. The van der Waals surface area contributed by atoms with Crippen LogP contribution in [0.15, 0.2) is 47.3 Å². The molecular formula is C42H45FN8O9. The van der Waals surface area contributed by atoms with Crippen molar-refractivity contribution in [2.45, 2.75) is 76.8 Å². The van der Waals surface area contributed by atoms with Crippen LogP contribution < -0.4 is 38.3 Å². The van der Waals surface area contributed by atoms with Crippen molar-refractivity contribution in [3.63, 3.8) is 0 Å². The number of hydrogen-bond donors (Lipinski definition) is 7. The van der Waals surface area contributed by atoms with Crippen LogP contribution in [0, 0.1) is 18.7 Å². The Morgan fingerprint density at radius 1 is 0.983 bits per heavy atom. The summed E-state index contributed by atoms with van der Waals surface area (Å²) in [6, 6.07) is 9.74. The lowest BCUT2D eigenvalue weighted by molar-refractivity contribution is -0.172. The number of nitrogens with one attached hydrogen (secondary N) is 4. The average molecular weight is 825 g/mol. The van der Waals surface area contributed by atoms with E-state index < -0.39 is 83.6 Å². The fourth-order valence-corrected chi connectivity index (χ4v) is 8.50. The molecule has 5 amide bonds. The molecule has 2 aromatic carbocycles. The van der Waals surface area contributed by atoms with Crippen LogP contribution in [0.2, 0.25) is 0 Å². The van der Waals surface area contributed by atoms with E-state index in [0.29, 0.717) is 39.0 Å². The topological polar surface area (TPSA) is 267 Å². The fourth-order valence-electron chi connectivity index (χ4n) is 8.50. The minimum Gasteiger partial charge on any atom is -0.458 e. The van der Waals surface area contributed by atoms with Gasteiger partial charge in [-0.05, 0) is 60.4 Å². The first kappa shape index (κ1) is 41.6. The van der Waals surface area contributed by atoms with Gasteiger partial charge in [-0.1, -0.05) is 37.3 Å². The number of carbonyl (C=O) groups is 6. The number of aromatic nitrogens is 2. The summed E-state index contributed by atoms with van der Waals surface area (Å²) in [5.74, 6) is -5.18. The lowest BCUT2D eigenvalue weighted by atomic mass is 9.75. The summed E-state index contributed by atoms with van der Waals surface area (Å²) in [6.45, 7) is 1.72. The SMILES string of the molecule is CC[C@@]1(O)C(=O)OCc2c1cc1n(c2=O)Cc2c-1nc1cc(F)c(C)c3c1c2CC(C(CC(N)=O)NC(=O)CNC(=O)[C@H](Cc1ccccc1)NC(=O)CNC(=O)CN)C3. The second-order valence-corrected chi connectivity index (χ2v) is 15.4. The molecule has 2 aliphatic heterocycles. The molecule has 3 aliphatic rings. The lowest BCUT2D eigenvalue weighted by Gasteiger charge is -2.33. The van der Waals surface area contributed by atoms with Gasteiger partial charge in [0.1, 0.15) is 18.5 Å². The molecule has 60 heavy (non-hydrogen) atoms. The molecular weight excluding hydrogens is 780 g/mol. The van der Waals surface area contributed by atoms with Crippen molar-refractivity contribution in [2.75, 3.05) is 19.6 Å². The summed E-state index contributed by atoms with van der Waals surface area (Å²) in [6.07, 6.45) is 0.231. The third-order valence-electron chi connectivity index (χ3n) is 11.7. The lowest BCUT2D eigenvalue weighted by Crippen LogP contribution is -2.53. The number of ether oxygens (including phenoxy) is 1. The maximum Gasteiger partial charge on any atom is 0.343 e. The van der Waals surface area contributed by atoms with Gasteiger partial charge in [0.05, 0.1) is 48.6 Å². The van der Waals surface area contributed by atoms with Crippen LogP contribution in [0.4, 0.5) is 4.39 Å². The minimum absolute atomic E-state index is 0.0431. The van der Waals surface area contributed by atoms with Gasteiger partial charge in [0.25, 0.3) is 5.56 Å². The third kappa shape index (κ3) is 7.82. The predicted octanol–water partition coefficient (Wildman–Crippen LogP) is -0.479. The molecule has 0 fully saturated rings. The monoisotopic (exact) mass is 824 g/mol. The second kappa shape index (κ2) is 16.6. The molecule has 4 heterocycles. The number of rotatable bonds is 14. The van der Waals surface area contributed by atoms with E-state index in [0.717, 1.165) is 11.1 Å². The van der Waals surface area contributed by atoms with E-state index in [-0.39, 0.29) is 62.9 Å². The Morgan fingerprint density at radius 2 is 1.68 bits per heavy atom. The molecule has 0 radical (unpaired) electrons. The third-order valence-corrected chi connectivity index (χ3v) is 11.7. The number of fused-ring (bicyclic) bond motifs is 5. The number of primary amides is 1. The van der Waals surface area contributed by atoms with Gasteiger partial charge in [-0.25, -0.2) is 14.2 Å². The number of halogens is 1. The number of nitrogens with zero attached hydrogens (tertiary/aromatic N) is 2.